The second kappa shape index (κ2) is 7.29. The van der Waals surface area contributed by atoms with Crippen molar-refractivity contribution in [2.24, 2.45) is 0 Å². The lowest BCUT2D eigenvalue weighted by Crippen LogP contribution is -2.29. The van der Waals surface area contributed by atoms with E-state index >= 15 is 0 Å². The van der Waals surface area contributed by atoms with E-state index in [0.29, 0.717) is 28.5 Å². The van der Waals surface area contributed by atoms with E-state index in [1.54, 1.807) is 56.7 Å². The molecule has 2 aromatic heterocycles. The van der Waals surface area contributed by atoms with E-state index < -0.39 is 0 Å². The number of hydrogen-bond donors (Lipinski definition) is 1. The van der Waals surface area contributed by atoms with E-state index in [1.807, 2.05) is 24.4 Å². The maximum Gasteiger partial charge on any atom is 0.270 e. The monoisotopic (exact) mass is 374 g/mol. The molecule has 1 amide bonds. The fraction of sp³-hybridized carbons (Fsp3) is 0.316. The first-order chi connectivity index (χ1) is 12.5. The molecule has 0 bridgehead atoms. The smallest absolute Gasteiger partial charge is 0.270 e. The molecule has 0 aliphatic heterocycles. The van der Waals surface area contributed by atoms with Crippen molar-refractivity contribution in [2.75, 3.05) is 28.4 Å². The number of H-pyrrole nitrogens is 1. The molecule has 7 heteroatoms. The minimum Gasteiger partial charge on any atom is -0.496 e. The third kappa shape index (κ3) is 2.99. The second-order valence-corrected chi connectivity index (χ2v) is 6.87. The number of nitrogens with one attached hydrogen (secondary N) is 1. The van der Waals surface area contributed by atoms with Crippen LogP contribution in [0.15, 0.2) is 29.6 Å². The Morgan fingerprint density at radius 1 is 1.15 bits per heavy atom. The quantitative estimate of drug-likeness (QED) is 0.706. The highest BCUT2D eigenvalue weighted by molar-refractivity contribution is 7.10. The molecule has 1 N–H and O–H groups in total. The normalized spacial score (nSPS) is 12.0. The second-order valence-electron chi connectivity index (χ2n) is 5.89. The molecular formula is C19H22N2O4S. The Bertz CT molecular complexity index is 917. The molecular weight excluding hydrogens is 352 g/mol. The Kier molecular flexibility index (Phi) is 5.08. The number of fused-ring (bicyclic) bond motifs is 1. The van der Waals surface area contributed by atoms with E-state index in [2.05, 4.69) is 4.98 Å². The zero-order valence-electron chi connectivity index (χ0n) is 15.5. The molecule has 0 saturated heterocycles. The highest BCUT2D eigenvalue weighted by Gasteiger charge is 2.24. The largest absolute Gasteiger partial charge is 0.496 e. The summed E-state index contributed by atoms with van der Waals surface area (Å²) in [4.78, 5) is 19.0. The van der Waals surface area contributed by atoms with Crippen LogP contribution < -0.4 is 14.2 Å². The molecule has 0 aliphatic rings. The van der Waals surface area contributed by atoms with Crippen molar-refractivity contribution in [3.05, 3.63) is 40.2 Å². The van der Waals surface area contributed by atoms with Crippen molar-refractivity contribution in [1.82, 2.24) is 9.88 Å². The van der Waals surface area contributed by atoms with Crippen molar-refractivity contribution in [1.29, 1.82) is 0 Å². The summed E-state index contributed by atoms with van der Waals surface area (Å²) in [5.74, 6) is 1.58. The van der Waals surface area contributed by atoms with Gasteiger partial charge in [-0.25, -0.2) is 0 Å². The molecule has 3 aromatic rings. The van der Waals surface area contributed by atoms with Crippen molar-refractivity contribution < 1.29 is 19.0 Å². The van der Waals surface area contributed by atoms with Crippen LogP contribution in [0.1, 0.15) is 28.3 Å². The van der Waals surface area contributed by atoms with Gasteiger partial charge >= 0.3 is 0 Å². The number of ether oxygens (including phenoxy) is 3. The number of aromatic amines is 1. The van der Waals surface area contributed by atoms with Gasteiger partial charge in [-0.05, 0) is 24.4 Å². The average molecular weight is 374 g/mol. The van der Waals surface area contributed by atoms with Gasteiger partial charge in [0.05, 0.1) is 32.9 Å². The highest BCUT2D eigenvalue weighted by atomic mass is 32.1. The fourth-order valence-electron chi connectivity index (χ4n) is 2.94. The maximum absolute atomic E-state index is 13.0. The Balaban J connectivity index is 2.04. The molecule has 1 unspecified atom stereocenters. The zero-order chi connectivity index (χ0) is 18.8. The molecule has 0 saturated carbocycles. The Morgan fingerprint density at radius 2 is 1.88 bits per heavy atom. The molecule has 0 spiro atoms. The summed E-state index contributed by atoms with van der Waals surface area (Å²) >= 11 is 1.63. The van der Waals surface area contributed by atoms with Crippen molar-refractivity contribution in [3.63, 3.8) is 0 Å². The van der Waals surface area contributed by atoms with Gasteiger partial charge in [-0.15, -0.1) is 11.3 Å². The lowest BCUT2D eigenvalue weighted by Gasteiger charge is -2.23. The lowest BCUT2D eigenvalue weighted by atomic mass is 10.2. The number of thiophene rings is 1. The Hall–Kier alpha value is -2.67. The first-order valence-corrected chi connectivity index (χ1v) is 9.02. The summed E-state index contributed by atoms with van der Waals surface area (Å²) in [6.07, 6.45) is 0. The van der Waals surface area contributed by atoms with Gasteiger partial charge in [0.25, 0.3) is 5.91 Å². The predicted octanol–water partition coefficient (Wildman–Crippen LogP) is 4.09. The minimum absolute atomic E-state index is 0.0211. The maximum atomic E-state index is 13.0. The summed E-state index contributed by atoms with van der Waals surface area (Å²) in [6, 6.07) is 7.53. The lowest BCUT2D eigenvalue weighted by molar-refractivity contribution is 0.0740. The minimum atomic E-state index is -0.106. The number of carbonyl (C=O) groups is 1. The molecule has 26 heavy (non-hydrogen) atoms. The van der Waals surface area contributed by atoms with E-state index in [-0.39, 0.29) is 11.9 Å². The van der Waals surface area contributed by atoms with Gasteiger partial charge in [0.1, 0.15) is 11.4 Å². The number of hydrogen-bond acceptors (Lipinski definition) is 5. The number of carbonyl (C=O) groups excluding carboxylic acids is 1. The summed E-state index contributed by atoms with van der Waals surface area (Å²) in [6.45, 7) is 2.01. The standard InChI is InChI=1S/C19H22N2O4S/c1-11(16-7-6-8-26-16)21(2)19(22)13-9-12-14(23-3)10-15(24-4)18(25-5)17(12)20-13/h6-11,20H,1-5H3. The molecule has 1 aromatic carbocycles. The van der Waals surface area contributed by atoms with Crippen molar-refractivity contribution in [3.8, 4) is 17.2 Å². The van der Waals surface area contributed by atoms with Gasteiger partial charge in [-0.1, -0.05) is 6.07 Å². The molecule has 6 nitrogen and oxygen atoms in total. The van der Waals surface area contributed by atoms with E-state index in [4.69, 9.17) is 14.2 Å². The van der Waals surface area contributed by atoms with E-state index in [1.165, 1.54) is 0 Å². The van der Waals surface area contributed by atoms with Gasteiger partial charge in [0, 0.05) is 23.4 Å². The van der Waals surface area contributed by atoms with Gasteiger partial charge in [-0.2, -0.15) is 0 Å². The SMILES string of the molecule is COc1cc(OC)c2cc(C(=O)N(C)C(C)c3cccs3)[nH]c2c1OC. The first-order valence-electron chi connectivity index (χ1n) is 8.14. The van der Waals surface area contributed by atoms with Crippen LogP contribution in [0.5, 0.6) is 17.2 Å². The molecule has 0 fully saturated rings. The van der Waals surface area contributed by atoms with Crippen LogP contribution in [0.2, 0.25) is 0 Å². The number of methoxy groups -OCH3 is 3. The Labute approximate surface area is 156 Å². The number of nitrogens with zero attached hydrogens (tertiary/aromatic N) is 1. The summed E-state index contributed by atoms with van der Waals surface area (Å²) in [7, 11) is 6.51. The number of benzene rings is 1. The van der Waals surface area contributed by atoms with E-state index in [0.717, 1.165) is 10.3 Å². The van der Waals surface area contributed by atoms with Crippen LogP contribution in [0.3, 0.4) is 0 Å². The van der Waals surface area contributed by atoms with Gasteiger partial charge in [-0.3, -0.25) is 4.79 Å². The summed E-state index contributed by atoms with van der Waals surface area (Å²) in [5, 5.41) is 2.78. The van der Waals surface area contributed by atoms with Crippen molar-refractivity contribution >= 4 is 28.1 Å². The molecule has 0 radical (unpaired) electrons. The fourth-order valence-corrected chi connectivity index (χ4v) is 3.76. The molecule has 0 aliphatic carbocycles. The van der Waals surface area contributed by atoms with Crippen LogP contribution in [0.25, 0.3) is 10.9 Å². The van der Waals surface area contributed by atoms with Crippen LogP contribution in [-0.4, -0.2) is 44.2 Å². The third-order valence-corrected chi connectivity index (χ3v) is 5.57. The molecule has 3 rings (SSSR count). The van der Waals surface area contributed by atoms with Gasteiger partial charge in [0.15, 0.2) is 11.5 Å². The highest BCUT2D eigenvalue weighted by Crippen LogP contribution is 2.41. The number of rotatable bonds is 6. The number of amides is 1. The molecule has 138 valence electrons. The van der Waals surface area contributed by atoms with Crippen LogP contribution >= 0.6 is 11.3 Å². The third-order valence-electron chi connectivity index (χ3n) is 4.53. The van der Waals surface area contributed by atoms with E-state index in [9.17, 15) is 4.79 Å². The van der Waals surface area contributed by atoms with Crippen LogP contribution in [0, 0.1) is 0 Å². The topological polar surface area (TPSA) is 63.8 Å². The first kappa shape index (κ1) is 18.1. The summed E-state index contributed by atoms with van der Waals surface area (Å²) in [5.41, 5.74) is 1.14. The average Bonchev–Trinajstić information content (AvgIpc) is 3.34. The summed E-state index contributed by atoms with van der Waals surface area (Å²) < 4.78 is 16.3. The molecule has 2 heterocycles. The number of aromatic nitrogens is 1. The zero-order valence-corrected chi connectivity index (χ0v) is 16.3. The van der Waals surface area contributed by atoms with Crippen molar-refractivity contribution in [2.45, 2.75) is 13.0 Å². The predicted molar refractivity (Wildman–Crippen MR) is 103 cm³/mol. The Morgan fingerprint density at radius 3 is 2.46 bits per heavy atom. The van der Waals surface area contributed by atoms with Crippen LogP contribution in [-0.2, 0) is 0 Å². The molecule has 1 atom stereocenters. The van der Waals surface area contributed by atoms with Gasteiger partial charge < -0.3 is 24.1 Å². The van der Waals surface area contributed by atoms with Crippen LogP contribution in [0.4, 0.5) is 0 Å². The van der Waals surface area contributed by atoms with Gasteiger partial charge in [0.2, 0.25) is 0 Å².